The predicted molar refractivity (Wildman–Crippen MR) is 92.7 cm³/mol. The fraction of sp³-hybridized carbons (Fsp3) is 0.118. The molecule has 0 radical (unpaired) electrons. The van der Waals surface area contributed by atoms with Crippen LogP contribution in [0, 0.1) is 0 Å². The summed E-state index contributed by atoms with van der Waals surface area (Å²) in [5, 5.41) is 20.6. The van der Waals surface area contributed by atoms with E-state index in [0.29, 0.717) is 17.0 Å². The highest BCUT2D eigenvalue weighted by molar-refractivity contribution is 5.94. The van der Waals surface area contributed by atoms with Crippen molar-refractivity contribution in [2.24, 2.45) is 12.1 Å². The number of carbonyl (C=O) groups is 1. The number of amides is 1. The molecule has 8 nitrogen and oxygen atoms in total. The Bertz CT molecular complexity index is 926. The molecule has 3 N–H and O–H groups in total. The van der Waals surface area contributed by atoms with Crippen molar-refractivity contribution >= 4 is 12.1 Å². The molecule has 8 heteroatoms. The van der Waals surface area contributed by atoms with Crippen molar-refractivity contribution in [3.05, 3.63) is 53.9 Å². The van der Waals surface area contributed by atoms with Gasteiger partial charge in [0, 0.05) is 18.8 Å². The van der Waals surface area contributed by atoms with Crippen LogP contribution in [0.4, 0.5) is 0 Å². The summed E-state index contributed by atoms with van der Waals surface area (Å²) < 4.78 is 6.92. The lowest BCUT2D eigenvalue weighted by atomic mass is 10.2. The molecule has 0 saturated heterocycles. The number of rotatable bonds is 5. The van der Waals surface area contributed by atoms with Gasteiger partial charge in [0.2, 0.25) is 0 Å². The maximum absolute atomic E-state index is 12.1. The summed E-state index contributed by atoms with van der Waals surface area (Å²) >= 11 is 0. The maximum Gasteiger partial charge on any atom is 0.289 e. The number of phenolic OH excluding ortho intramolecular Hbond substituents is 1. The van der Waals surface area contributed by atoms with Crippen LogP contribution >= 0.6 is 0 Å². The number of aromatic nitrogens is 3. The molecule has 0 atom stereocenters. The van der Waals surface area contributed by atoms with Crippen molar-refractivity contribution in [2.75, 3.05) is 7.11 Å². The number of hydrogen-bond acceptors (Lipinski definition) is 5. The van der Waals surface area contributed by atoms with Gasteiger partial charge >= 0.3 is 0 Å². The van der Waals surface area contributed by atoms with E-state index in [9.17, 15) is 9.90 Å². The van der Waals surface area contributed by atoms with Gasteiger partial charge in [-0.1, -0.05) is 6.07 Å². The quantitative estimate of drug-likeness (QED) is 0.488. The Balaban J connectivity index is 1.69. The largest absolute Gasteiger partial charge is 0.504 e. The molecule has 2 aromatic heterocycles. The highest BCUT2D eigenvalue weighted by Crippen LogP contribution is 2.27. The molecular weight excluding hydrogens is 322 g/mol. The first kappa shape index (κ1) is 16.3. The standard InChI is InChI=1S/C17H17N5O3/c1-22-8-4-6-14(22)12-9-13(20-19-12)17(24)21-18-10-11-5-3-7-15(25-2)16(11)23/h3-10,23H,1-2H3,(H,19,20)(H,21,24)/b18-10-. The highest BCUT2D eigenvalue weighted by atomic mass is 16.5. The van der Waals surface area contributed by atoms with E-state index in [0.717, 1.165) is 5.69 Å². The molecule has 0 unspecified atom stereocenters. The van der Waals surface area contributed by atoms with Crippen LogP contribution in [0.1, 0.15) is 16.1 Å². The minimum absolute atomic E-state index is 0.0458. The second-order valence-electron chi connectivity index (χ2n) is 5.27. The number of benzene rings is 1. The normalized spacial score (nSPS) is 11.0. The fourth-order valence-corrected chi connectivity index (χ4v) is 2.33. The van der Waals surface area contributed by atoms with Gasteiger partial charge in [-0.05, 0) is 30.3 Å². The van der Waals surface area contributed by atoms with Gasteiger partial charge in [-0.2, -0.15) is 10.2 Å². The number of aromatic amines is 1. The first-order valence-corrected chi connectivity index (χ1v) is 7.46. The van der Waals surface area contributed by atoms with E-state index in [-0.39, 0.29) is 11.4 Å². The number of nitrogens with zero attached hydrogens (tertiary/aromatic N) is 3. The Morgan fingerprint density at radius 3 is 2.96 bits per heavy atom. The number of hydrazone groups is 1. The van der Waals surface area contributed by atoms with Crippen LogP contribution in [0.5, 0.6) is 11.5 Å². The second-order valence-corrected chi connectivity index (χ2v) is 5.27. The predicted octanol–water partition coefficient (Wildman–Crippen LogP) is 1.89. The van der Waals surface area contributed by atoms with E-state index in [1.807, 2.05) is 29.9 Å². The molecule has 2 heterocycles. The first-order valence-electron chi connectivity index (χ1n) is 7.46. The molecular formula is C17H17N5O3. The smallest absolute Gasteiger partial charge is 0.289 e. The molecule has 1 amide bonds. The molecule has 0 aliphatic heterocycles. The molecule has 0 fully saturated rings. The SMILES string of the molecule is COc1cccc(/C=N\NC(=O)c2cc(-c3cccn3C)n[nH]2)c1O. The van der Waals surface area contributed by atoms with Crippen molar-refractivity contribution in [3.63, 3.8) is 0 Å². The molecule has 1 aromatic carbocycles. The lowest BCUT2D eigenvalue weighted by Gasteiger charge is -2.04. The summed E-state index contributed by atoms with van der Waals surface area (Å²) in [6.07, 6.45) is 3.24. The molecule has 0 saturated carbocycles. The number of carbonyl (C=O) groups excluding carboxylic acids is 1. The van der Waals surface area contributed by atoms with Crippen molar-refractivity contribution in [1.82, 2.24) is 20.2 Å². The zero-order valence-corrected chi connectivity index (χ0v) is 13.7. The Morgan fingerprint density at radius 1 is 1.40 bits per heavy atom. The molecule has 0 aliphatic carbocycles. The monoisotopic (exact) mass is 339 g/mol. The van der Waals surface area contributed by atoms with Gasteiger partial charge in [0.05, 0.1) is 19.0 Å². The summed E-state index contributed by atoms with van der Waals surface area (Å²) in [5.41, 5.74) is 4.64. The van der Waals surface area contributed by atoms with E-state index in [1.165, 1.54) is 13.3 Å². The van der Waals surface area contributed by atoms with Gasteiger partial charge in [-0.15, -0.1) is 0 Å². The molecule has 0 bridgehead atoms. The van der Waals surface area contributed by atoms with E-state index >= 15 is 0 Å². The molecule has 0 spiro atoms. The van der Waals surface area contributed by atoms with E-state index < -0.39 is 5.91 Å². The molecule has 3 aromatic rings. The first-order chi connectivity index (χ1) is 12.1. The average Bonchev–Trinajstić information content (AvgIpc) is 3.25. The van der Waals surface area contributed by atoms with Crippen LogP contribution in [0.3, 0.4) is 0 Å². The van der Waals surface area contributed by atoms with Crippen LogP contribution in [0.2, 0.25) is 0 Å². The number of aromatic hydroxyl groups is 1. The van der Waals surface area contributed by atoms with Gasteiger partial charge in [0.1, 0.15) is 11.4 Å². The fourth-order valence-electron chi connectivity index (χ4n) is 2.33. The van der Waals surface area contributed by atoms with Crippen molar-refractivity contribution in [3.8, 4) is 22.9 Å². The van der Waals surface area contributed by atoms with Crippen LogP contribution < -0.4 is 10.2 Å². The van der Waals surface area contributed by atoms with Gasteiger partial charge in [-0.25, -0.2) is 5.43 Å². The lowest BCUT2D eigenvalue weighted by molar-refractivity contribution is 0.0950. The molecule has 25 heavy (non-hydrogen) atoms. The average molecular weight is 339 g/mol. The van der Waals surface area contributed by atoms with E-state index in [2.05, 4.69) is 20.7 Å². The number of aryl methyl sites for hydroxylation is 1. The number of nitrogens with one attached hydrogen (secondary N) is 2. The minimum Gasteiger partial charge on any atom is -0.504 e. The zero-order chi connectivity index (χ0) is 17.8. The second kappa shape index (κ2) is 6.91. The van der Waals surface area contributed by atoms with Crippen molar-refractivity contribution in [1.29, 1.82) is 0 Å². The highest BCUT2D eigenvalue weighted by Gasteiger charge is 2.12. The summed E-state index contributed by atoms with van der Waals surface area (Å²) in [4.78, 5) is 12.1. The van der Waals surface area contributed by atoms with Gasteiger partial charge in [0.15, 0.2) is 11.5 Å². The Kier molecular flexibility index (Phi) is 4.51. The van der Waals surface area contributed by atoms with E-state index in [1.54, 1.807) is 24.3 Å². The number of methoxy groups -OCH3 is 1. The Hall–Kier alpha value is -3.55. The molecule has 0 aliphatic rings. The topological polar surface area (TPSA) is 105 Å². The van der Waals surface area contributed by atoms with Gasteiger partial charge in [-0.3, -0.25) is 9.89 Å². The summed E-state index contributed by atoms with van der Waals surface area (Å²) in [6.45, 7) is 0. The Labute approximate surface area is 143 Å². The number of H-pyrrole nitrogens is 1. The van der Waals surface area contributed by atoms with Crippen molar-refractivity contribution < 1.29 is 14.6 Å². The maximum atomic E-state index is 12.1. The van der Waals surface area contributed by atoms with Crippen LogP contribution in [-0.2, 0) is 7.05 Å². The number of hydrogen-bond donors (Lipinski definition) is 3. The number of phenols is 1. The van der Waals surface area contributed by atoms with Crippen LogP contribution in [-0.4, -0.2) is 39.1 Å². The molecule has 128 valence electrons. The third-order valence-corrected chi connectivity index (χ3v) is 3.65. The third kappa shape index (κ3) is 3.37. The summed E-state index contributed by atoms with van der Waals surface area (Å²) in [7, 11) is 3.36. The lowest BCUT2D eigenvalue weighted by Crippen LogP contribution is -2.18. The van der Waals surface area contributed by atoms with Gasteiger partial charge in [0.25, 0.3) is 5.91 Å². The minimum atomic E-state index is -0.438. The summed E-state index contributed by atoms with van der Waals surface area (Å²) in [6, 6.07) is 10.4. The van der Waals surface area contributed by atoms with Crippen LogP contribution in [0.25, 0.3) is 11.4 Å². The zero-order valence-electron chi connectivity index (χ0n) is 13.7. The van der Waals surface area contributed by atoms with Crippen LogP contribution in [0.15, 0.2) is 47.7 Å². The van der Waals surface area contributed by atoms with E-state index in [4.69, 9.17) is 4.74 Å². The number of ether oxygens (including phenoxy) is 1. The Morgan fingerprint density at radius 2 is 2.24 bits per heavy atom. The van der Waals surface area contributed by atoms with Gasteiger partial charge < -0.3 is 14.4 Å². The molecule has 3 rings (SSSR count). The summed E-state index contributed by atoms with van der Waals surface area (Å²) in [5.74, 6) is -0.154. The third-order valence-electron chi connectivity index (χ3n) is 3.65. The number of para-hydroxylation sites is 1. The van der Waals surface area contributed by atoms with Crippen molar-refractivity contribution in [2.45, 2.75) is 0 Å².